The van der Waals surface area contributed by atoms with E-state index in [9.17, 15) is 0 Å². The minimum atomic E-state index is 0. The molecule has 1 aromatic heterocycles. The molecule has 1 aliphatic rings. The summed E-state index contributed by atoms with van der Waals surface area (Å²) >= 11 is 0. The first-order valence-electron chi connectivity index (χ1n) is 8.12. The highest BCUT2D eigenvalue weighted by Gasteiger charge is 2.31. The van der Waals surface area contributed by atoms with Gasteiger partial charge in [-0.15, -0.1) is 24.0 Å². The molecule has 0 atom stereocenters. The molecule has 130 valence electrons. The minimum Gasteiger partial charge on any atom is -0.392 e. The number of pyridine rings is 1. The molecule has 0 bridgehead atoms. The zero-order chi connectivity index (χ0) is 17.2. The Bertz CT molecular complexity index is 838. The summed E-state index contributed by atoms with van der Waals surface area (Å²) in [5.41, 5.74) is 5.44. The maximum Gasteiger partial charge on any atom is 0.0701 e. The third-order valence-electron chi connectivity index (χ3n) is 4.62. The van der Waals surface area contributed by atoms with Gasteiger partial charge >= 0.3 is 0 Å². The molecule has 0 amide bonds. The van der Waals surface area contributed by atoms with E-state index < -0.39 is 0 Å². The SMILES string of the molecule is CC1=Nc2cc(CO)ccc2C1(C)C.I.c1ccc2ncccc2c1. The Morgan fingerprint density at radius 3 is 2.44 bits per heavy atom. The molecule has 4 heteroatoms. The molecule has 0 aliphatic carbocycles. The van der Waals surface area contributed by atoms with E-state index in [0.717, 1.165) is 22.5 Å². The van der Waals surface area contributed by atoms with E-state index in [2.05, 4.69) is 48.9 Å². The molecule has 2 heterocycles. The van der Waals surface area contributed by atoms with Crippen molar-refractivity contribution in [1.82, 2.24) is 4.98 Å². The third-order valence-corrected chi connectivity index (χ3v) is 4.62. The Balaban J connectivity index is 0.000000182. The van der Waals surface area contributed by atoms with Gasteiger partial charge in [0.2, 0.25) is 0 Å². The Labute approximate surface area is 165 Å². The molecule has 0 saturated carbocycles. The van der Waals surface area contributed by atoms with Gasteiger partial charge in [-0.25, -0.2) is 0 Å². The second-order valence-electron chi connectivity index (χ2n) is 6.53. The molecule has 3 nitrogen and oxygen atoms in total. The van der Waals surface area contributed by atoms with Crippen LogP contribution in [0.25, 0.3) is 10.9 Å². The van der Waals surface area contributed by atoms with Crippen molar-refractivity contribution in [3.8, 4) is 0 Å². The number of fused-ring (bicyclic) bond motifs is 2. The summed E-state index contributed by atoms with van der Waals surface area (Å²) in [7, 11) is 0. The molecule has 0 spiro atoms. The van der Waals surface area contributed by atoms with Crippen LogP contribution in [-0.2, 0) is 12.0 Å². The highest BCUT2D eigenvalue weighted by atomic mass is 127. The summed E-state index contributed by atoms with van der Waals surface area (Å²) in [6, 6.07) is 18.1. The maximum atomic E-state index is 9.02. The minimum absolute atomic E-state index is 0. The van der Waals surface area contributed by atoms with Gasteiger partial charge < -0.3 is 5.11 Å². The van der Waals surface area contributed by atoms with Gasteiger partial charge in [0.25, 0.3) is 0 Å². The van der Waals surface area contributed by atoms with Crippen molar-refractivity contribution in [2.45, 2.75) is 32.8 Å². The largest absolute Gasteiger partial charge is 0.392 e. The lowest BCUT2D eigenvalue weighted by Crippen LogP contribution is -2.22. The molecule has 0 saturated heterocycles. The zero-order valence-electron chi connectivity index (χ0n) is 14.7. The Morgan fingerprint density at radius 1 is 1.00 bits per heavy atom. The molecule has 2 aromatic carbocycles. The van der Waals surface area contributed by atoms with Crippen LogP contribution < -0.4 is 0 Å². The van der Waals surface area contributed by atoms with Gasteiger partial charge in [0.15, 0.2) is 0 Å². The van der Waals surface area contributed by atoms with E-state index in [4.69, 9.17) is 5.11 Å². The first-order valence-corrected chi connectivity index (χ1v) is 8.12. The van der Waals surface area contributed by atoms with Crippen LogP contribution in [0.3, 0.4) is 0 Å². The Hall–Kier alpha value is -1.79. The van der Waals surface area contributed by atoms with Crippen LogP contribution in [0, 0.1) is 0 Å². The Morgan fingerprint density at radius 2 is 1.72 bits per heavy atom. The lowest BCUT2D eigenvalue weighted by atomic mass is 9.82. The smallest absolute Gasteiger partial charge is 0.0701 e. The van der Waals surface area contributed by atoms with Crippen molar-refractivity contribution in [1.29, 1.82) is 0 Å². The van der Waals surface area contributed by atoms with Gasteiger partial charge in [0.1, 0.15) is 0 Å². The van der Waals surface area contributed by atoms with Crippen LogP contribution in [0.2, 0.25) is 0 Å². The summed E-state index contributed by atoms with van der Waals surface area (Å²) in [4.78, 5) is 8.70. The van der Waals surface area contributed by atoms with E-state index in [-0.39, 0.29) is 36.0 Å². The predicted molar refractivity (Wildman–Crippen MR) is 115 cm³/mol. The second kappa shape index (κ2) is 8.06. The van der Waals surface area contributed by atoms with E-state index in [1.807, 2.05) is 42.6 Å². The van der Waals surface area contributed by atoms with Crippen LogP contribution in [0.4, 0.5) is 5.69 Å². The summed E-state index contributed by atoms with van der Waals surface area (Å²) in [6.45, 7) is 6.49. The topological polar surface area (TPSA) is 45.5 Å². The number of rotatable bonds is 1. The predicted octanol–water partition coefficient (Wildman–Crippen LogP) is 5.42. The lowest BCUT2D eigenvalue weighted by Gasteiger charge is -2.19. The van der Waals surface area contributed by atoms with Crippen molar-refractivity contribution in [2.75, 3.05) is 0 Å². The molecule has 3 aromatic rings. The third kappa shape index (κ3) is 4.07. The number of aromatic nitrogens is 1. The number of aliphatic hydroxyl groups is 1. The van der Waals surface area contributed by atoms with Crippen LogP contribution in [0.15, 0.2) is 65.8 Å². The van der Waals surface area contributed by atoms with Gasteiger partial charge in [0, 0.05) is 22.7 Å². The van der Waals surface area contributed by atoms with Crippen LogP contribution >= 0.6 is 24.0 Å². The fourth-order valence-corrected chi connectivity index (χ4v) is 2.83. The second-order valence-corrected chi connectivity index (χ2v) is 6.53. The van der Waals surface area contributed by atoms with Gasteiger partial charge in [-0.2, -0.15) is 0 Å². The number of benzene rings is 2. The van der Waals surface area contributed by atoms with Gasteiger partial charge in [-0.05, 0) is 36.2 Å². The van der Waals surface area contributed by atoms with Crippen molar-refractivity contribution < 1.29 is 5.11 Å². The molecule has 1 N–H and O–H groups in total. The monoisotopic (exact) mass is 446 g/mol. The quantitative estimate of drug-likeness (QED) is 0.508. The maximum absolute atomic E-state index is 9.02. The number of hydrogen-bond acceptors (Lipinski definition) is 3. The normalized spacial score (nSPS) is 14.0. The fraction of sp³-hybridized carbons (Fsp3) is 0.238. The van der Waals surface area contributed by atoms with E-state index in [1.54, 1.807) is 0 Å². The van der Waals surface area contributed by atoms with Crippen molar-refractivity contribution in [3.63, 3.8) is 0 Å². The first kappa shape index (κ1) is 19.5. The van der Waals surface area contributed by atoms with Gasteiger partial charge in [-0.1, -0.05) is 50.2 Å². The molecule has 0 fully saturated rings. The number of aliphatic imine (C=N–C) groups is 1. The molecular weight excluding hydrogens is 423 g/mol. The van der Waals surface area contributed by atoms with Gasteiger partial charge in [-0.3, -0.25) is 9.98 Å². The van der Waals surface area contributed by atoms with E-state index in [0.29, 0.717) is 0 Å². The highest BCUT2D eigenvalue weighted by Crippen LogP contribution is 2.40. The number of halogens is 1. The van der Waals surface area contributed by atoms with Crippen molar-refractivity contribution in [3.05, 3.63) is 71.9 Å². The first-order chi connectivity index (χ1) is 11.5. The van der Waals surface area contributed by atoms with Crippen LogP contribution in [0.5, 0.6) is 0 Å². The Kier molecular flexibility index (Phi) is 6.30. The molecule has 0 unspecified atom stereocenters. The average molecular weight is 446 g/mol. The van der Waals surface area contributed by atoms with Crippen molar-refractivity contribution >= 4 is 46.3 Å². The average Bonchev–Trinajstić information content (AvgIpc) is 2.84. The van der Waals surface area contributed by atoms with Crippen LogP contribution in [-0.4, -0.2) is 15.8 Å². The zero-order valence-corrected chi connectivity index (χ0v) is 17.1. The number of aliphatic hydroxyl groups excluding tert-OH is 1. The summed E-state index contributed by atoms with van der Waals surface area (Å²) in [5, 5.41) is 10.2. The molecule has 0 radical (unpaired) electrons. The number of hydrogen-bond donors (Lipinski definition) is 1. The standard InChI is InChI=1S/C12H15NO.C9H7N.HI/c1-8-12(2,3)10-5-4-9(7-14)6-11(10)13-8;1-2-6-9-8(4-1)5-3-7-10-9;/h4-6,14H,7H2,1-3H3;1-7H;1H. The van der Waals surface area contributed by atoms with E-state index >= 15 is 0 Å². The van der Waals surface area contributed by atoms with Crippen LogP contribution in [0.1, 0.15) is 31.9 Å². The van der Waals surface area contributed by atoms with Crippen molar-refractivity contribution in [2.24, 2.45) is 4.99 Å². The highest BCUT2D eigenvalue weighted by molar-refractivity contribution is 14.0. The summed E-state index contributed by atoms with van der Waals surface area (Å²) in [6.07, 6.45) is 1.81. The van der Waals surface area contributed by atoms with Gasteiger partial charge in [0.05, 0.1) is 17.8 Å². The molecular formula is C21H23IN2O. The molecule has 1 aliphatic heterocycles. The molecule has 4 rings (SSSR count). The number of nitrogens with zero attached hydrogens (tertiary/aromatic N) is 2. The summed E-state index contributed by atoms with van der Waals surface area (Å²) in [5.74, 6) is 0. The van der Waals surface area contributed by atoms with E-state index in [1.165, 1.54) is 10.9 Å². The summed E-state index contributed by atoms with van der Waals surface area (Å²) < 4.78 is 0. The molecule has 25 heavy (non-hydrogen) atoms. The number of para-hydroxylation sites is 1. The lowest BCUT2D eigenvalue weighted by molar-refractivity contribution is 0.282. The fourth-order valence-electron chi connectivity index (χ4n) is 2.83.